The second-order valence-electron chi connectivity index (χ2n) is 3.91. The summed E-state index contributed by atoms with van der Waals surface area (Å²) < 4.78 is 22.0. The Kier molecular flexibility index (Phi) is 11.9. The molecule has 0 aromatic heterocycles. The van der Waals surface area contributed by atoms with Crippen LogP contribution in [0, 0.1) is 0 Å². The van der Waals surface area contributed by atoms with Gasteiger partial charge in [-0.2, -0.15) is 0 Å². The molecule has 0 saturated heterocycles. The van der Waals surface area contributed by atoms with E-state index in [-0.39, 0.29) is 6.79 Å². The van der Waals surface area contributed by atoms with Gasteiger partial charge >= 0.3 is 5.95 Å². The first-order valence-electron chi connectivity index (χ1n) is 6.99. The van der Waals surface area contributed by atoms with Crippen LogP contribution in [0.25, 0.3) is 0 Å². The highest BCUT2D eigenvalue weighted by Gasteiger charge is 2.11. The van der Waals surface area contributed by atoms with Crippen LogP contribution in [0.4, 0.5) is 0 Å². The Labute approximate surface area is 111 Å². The van der Waals surface area contributed by atoms with E-state index in [1.165, 1.54) is 0 Å². The summed E-state index contributed by atoms with van der Waals surface area (Å²) in [5.74, 6) is 1.29. The van der Waals surface area contributed by atoms with Crippen LogP contribution in [0.3, 0.4) is 0 Å². The van der Waals surface area contributed by atoms with E-state index in [4.69, 9.17) is 18.9 Å². The van der Waals surface area contributed by atoms with Gasteiger partial charge in [0.25, 0.3) is 0 Å². The van der Waals surface area contributed by atoms with Crippen molar-refractivity contribution in [1.29, 1.82) is 0 Å². The fraction of sp³-hybridized carbons (Fsp3) is 0.857. The molecule has 108 valence electrons. The molecule has 0 spiro atoms. The van der Waals surface area contributed by atoms with E-state index < -0.39 is 0 Å². The van der Waals surface area contributed by atoms with Crippen molar-refractivity contribution in [3.63, 3.8) is 0 Å². The summed E-state index contributed by atoms with van der Waals surface area (Å²) in [4.78, 5) is 0. The molecule has 0 fully saturated rings. The molecular weight excluding hydrogens is 232 g/mol. The largest absolute Gasteiger partial charge is 0.491 e. The van der Waals surface area contributed by atoms with Gasteiger partial charge in [0.2, 0.25) is 0 Å². The summed E-state index contributed by atoms with van der Waals surface area (Å²) in [5.41, 5.74) is 0. The van der Waals surface area contributed by atoms with Crippen molar-refractivity contribution in [2.24, 2.45) is 0 Å². The molecule has 0 N–H and O–H groups in total. The molecule has 0 atom stereocenters. The third kappa shape index (κ3) is 8.23. The molecule has 4 nitrogen and oxygen atoms in total. The van der Waals surface area contributed by atoms with Crippen molar-refractivity contribution in [2.75, 3.05) is 26.6 Å². The minimum atomic E-state index is 0.207. The first-order chi connectivity index (χ1) is 8.79. The SMILES string of the molecule is CCCO/C(CCC)=C(/OCCC)OCOCC. The lowest BCUT2D eigenvalue weighted by molar-refractivity contribution is -0.0805. The molecule has 0 bridgehead atoms. The second-order valence-corrected chi connectivity index (χ2v) is 3.91. The Bertz CT molecular complexity index is 214. The maximum absolute atomic E-state index is 5.70. The summed E-state index contributed by atoms with van der Waals surface area (Å²) in [6, 6.07) is 0. The van der Waals surface area contributed by atoms with E-state index in [9.17, 15) is 0 Å². The summed E-state index contributed by atoms with van der Waals surface area (Å²) in [5, 5.41) is 0. The molecule has 0 aliphatic heterocycles. The average Bonchev–Trinajstić information content (AvgIpc) is 2.39. The van der Waals surface area contributed by atoms with Crippen molar-refractivity contribution in [1.82, 2.24) is 0 Å². The lowest BCUT2D eigenvalue weighted by Gasteiger charge is -2.16. The third-order valence-corrected chi connectivity index (χ3v) is 2.10. The van der Waals surface area contributed by atoms with Crippen LogP contribution in [0.1, 0.15) is 53.4 Å². The molecule has 4 heteroatoms. The van der Waals surface area contributed by atoms with Gasteiger partial charge in [-0.3, -0.25) is 0 Å². The Hall–Kier alpha value is -0.900. The molecule has 0 aliphatic rings. The number of ether oxygens (including phenoxy) is 4. The lowest BCUT2D eigenvalue weighted by atomic mass is 10.3. The van der Waals surface area contributed by atoms with Crippen molar-refractivity contribution < 1.29 is 18.9 Å². The van der Waals surface area contributed by atoms with Crippen LogP contribution in [-0.4, -0.2) is 26.6 Å². The van der Waals surface area contributed by atoms with Crippen molar-refractivity contribution >= 4 is 0 Å². The Morgan fingerprint density at radius 1 is 0.778 bits per heavy atom. The topological polar surface area (TPSA) is 36.9 Å². The predicted molar refractivity (Wildman–Crippen MR) is 72.0 cm³/mol. The summed E-state index contributed by atoms with van der Waals surface area (Å²) in [6.07, 6.45) is 3.73. The first-order valence-corrected chi connectivity index (χ1v) is 6.99. The quantitative estimate of drug-likeness (QED) is 0.304. The number of allylic oxidation sites excluding steroid dienone is 1. The number of rotatable bonds is 12. The molecule has 18 heavy (non-hydrogen) atoms. The molecule has 0 rings (SSSR count). The minimum absolute atomic E-state index is 0.207. The van der Waals surface area contributed by atoms with Crippen LogP contribution in [0.2, 0.25) is 0 Å². The van der Waals surface area contributed by atoms with Gasteiger partial charge in [0.15, 0.2) is 12.6 Å². The standard InChI is InChI=1S/C14H28O4/c1-5-9-13(16-10-6-2)14(17-11-7-3)18-12-15-8-4/h5-12H2,1-4H3/b14-13-. The fourth-order valence-corrected chi connectivity index (χ4v) is 1.26. The zero-order chi connectivity index (χ0) is 13.6. The maximum Gasteiger partial charge on any atom is 0.321 e. The molecule has 0 aromatic carbocycles. The normalized spacial score (nSPS) is 12.0. The molecule has 0 saturated carbocycles. The van der Waals surface area contributed by atoms with Gasteiger partial charge in [-0.15, -0.1) is 0 Å². The minimum Gasteiger partial charge on any atom is -0.491 e. The van der Waals surface area contributed by atoms with Crippen molar-refractivity contribution in [3.05, 3.63) is 11.7 Å². The van der Waals surface area contributed by atoms with Gasteiger partial charge in [-0.25, -0.2) is 0 Å². The fourth-order valence-electron chi connectivity index (χ4n) is 1.26. The van der Waals surface area contributed by atoms with Gasteiger partial charge in [0, 0.05) is 13.0 Å². The molecular formula is C14H28O4. The number of hydrogen-bond acceptors (Lipinski definition) is 4. The lowest BCUT2D eigenvalue weighted by Crippen LogP contribution is -2.09. The molecule has 0 heterocycles. The highest BCUT2D eigenvalue weighted by molar-refractivity contribution is 4.95. The van der Waals surface area contributed by atoms with Gasteiger partial charge in [-0.05, 0) is 26.2 Å². The number of hydrogen-bond donors (Lipinski definition) is 0. The van der Waals surface area contributed by atoms with E-state index in [0.717, 1.165) is 31.4 Å². The Morgan fingerprint density at radius 2 is 1.44 bits per heavy atom. The second kappa shape index (κ2) is 12.6. The van der Waals surface area contributed by atoms with Crippen LogP contribution in [0.5, 0.6) is 0 Å². The molecule has 0 unspecified atom stereocenters. The summed E-state index contributed by atoms with van der Waals surface area (Å²) >= 11 is 0. The van der Waals surface area contributed by atoms with E-state index in [1.807, 2.05) is 6.92 Å². The average molecular weight is 260 g/mol. The monoisotopic (exact) mass is 260 g/mol. The smallest absolute Gasteiger partial charge is 0.321 e. The highest BCUT2D eigenvalue weighted by Crippen LogP contribution is 2.16. The van der Waals surface area contributed by atoms with Gasteiger partial charge < -0.3 is 18.9 Å². The highest BCUT2D eigenvalue weighted by atomic mass is 16.7. The third-order valence-electron chi connectivity index (χ3n) is 2.10. The maximum atomic E-state index is 5.70. The molecule has 0 radical (unpaired) electrons. The van der Waals surface area contributed by atoms with E-state index >= 15 is 0 Å². The summed E-state index contributed by atoms with van der Waals surface area (Å²) in [6.45, 7) is 10.3. The van der Waals surface area contributed by atoms with Crippen molar-refractivity contribution in [2.45, 2.75) is 53.4 Å². The molecule has 0 amide bonds. The summed E-state index contributed by atoms with van der Waals surface area (Å²) in [7, 11) is 0. The van der Waals surface area contributed by atoms with Crippen LogP contribution >= 0.6 is 0 Å². The van der Waals surface area contributed by atoms with Gasteiger partial charge in [0.05, 0.1) is 13.2 Å². The first kappa shape index (κ1) is 17.1. The van der Waals surface area contributed by atoms with Crippen LogP contribution < -0.4 is 0 Å². The molecule has 0 aliphatic carbocycles. The van der Waals surface area contributed by atoms with Gasteiger partial charge in [0.1, 0.15) is 0 Å². The van der Waals surface area contributed by atoms with E-state index in [2.05, 4.69) is 20.8 Å². The zero-order valence-electron chi connectivity index (χ0n) is 12.3. The Morgan fingerprint density at radius 3 is 2.00 bits per heavy atom. The Balaban J connectivity index is 4.53. The van der Waals surface area contributed by atoms with Gasteiger partial charge in [-0.1, -0.05) is 20.8 Å². The van der Waals surface area contributed by atoms with Crippen LogP contribution in [0.15, 0.2) is 11.7 Å². The zero-order valence-corrected chi connectivity index (χ0v) is 12.3. The molecule has 0 aromatic rings. The predicted octanol–water partition coefficient (Wildman–Crippen LogP) is 3.82. The van der Waals surface area contributed by atoms with Crippen LogP contribution in [-0.2, 0) is 18.9 Å². The van der Waals surface area contributed by atoms with E-state index in [1.54, 1.807) is 0 Å². The van der Waals surface area contributed by atoms with E-state index in [0.29, 0.717) is 25.8 Å². The van der Waals surface area contributed by atoms with Crippen molar-refractivity contribution in [3.8, 4) is 0 Å².